The Kier molecular flexibility index (Phi) is 4.15. The number of aromatic nitrogens is 1. The highest BCUT2D eigenvalue weighted by molar-refractivity contribution is 9.10. The second kappa shape index (κ2) is 5.61. The van der Waals surface area contributed by atoms with Crippen LogP contribution in [0.3, 0.4) is 0 Å². The Hall–Kier alpha value is -0.410. The first kappa shape index (κ1) is 11.1. The van der Waals surface area contributed by atoms with E-state index in [1.165, 1.54) is 37.8 Å². The minimum atomic E-state index is 0.642. The lowest BCUT2D eigenvalue weighted by atomic mass is 10.0. The van der Waals surface area contributed by atoms with Crippen molar-refractivity contribution < 1.29 is 0 Å². The van der Waals surface area contributed by atoms with Crippen molar-refractivity contribution in [1.29, 1.82) is 0 Å². The minimum absolute atomic E-state index is 0.642. The summed E-state index contributed by atoms with van der Waals surface area (Å²) >= 11 is 3.46. The zero-order valence-electron chi connectivity index (χ0n) is 8.88. The highest BCUT2D eigenvalue weighted by Crippen LogP contribution is 2.15. The Balaban J connectivity index is 1.95. The average molecular weight is 269 g/mol. The molecule has 2 rings (SSSR count). The van der Waals surface area contributed by atoms with Crippen molar-refractivity contribution in [1.82, 2.24) is 10.3 Å². The topological polar surface area (TPSA) is 24.9 Å². The lowest BCUT2D eigenvalue weighted by molar-refractivity contribution is 0.507. The summed E-state index contributed by atoms with van der Waals surface area (Å²) in [4.78, 5) is 4.20. The molecule has 3 heteroatoms. The summed E-state index contributed by atoms with van der Waals surface area (Å²) in [5.74, 6) is 0. The molecule has 1 fully saturated rings. The van der Waals surface area contributed by atoms with Crippen molar-refractivity contribution in [3.63, 3.8) is 0 Å². The Morgan fingerprint density at radius 2 is 2.27 bits per heavy atom. The van der Waals surface area contributed by atoms with Crippen LogP contribution in [0.4, 0.5) is 0 Å². The summed E-state index contributed by atoms with van der Waals surface area (Å²) in [5.41, 5.74) is 1.32. The molecule has 0 radical (unpaired) electrons. The fourth-order valence-corrected chi connectivity index (χ4v) is 2.54. The van der Waals surface area contributed by atoms with E-state index in [9.17, 15) is 0 Å². The van der Waals surface area contributed by atoms with Gasteiger partial charge in [-0.2, -0.15) is 0 Å². The summed E-state index contributed by atoms with van der Waals surface area (Å²) in [6, 6.07) is 2.81. The van der Waals surface area contributed by atoms with E-state index in [1.807, 2.05) is 12.4 Å². The number of pyridine rings is 1. The second-order valence-electron chi connectivity index (χ2n) is 4.22. The number of hydrogen-bond acceptors (Lipinski definition) is 2. The first-order valence-corrected chi connectivity index (χ1v) is 6.47. The molecule has 1 unspecified atom stereocenters. The van der Waals surface area contributed by atoms with Gasteiger partial charge in [0.1, 0.15) is 0 Å². The molecule has 1 aliphatic heterocycles. The standard InChI is InChI=1S/C12H17BrN2/c13-11-6-10(8-14-9-11)7-12-4-2-1-3-5-15-12/h6,8-9,12,15H,1-5,7H2. The van der Waals surface area contributed by atoms with Gasteiger partial charge in [-0.15, -0.1) is 0 Å². The average Bonchev–Trinajstić information content (AvgIpc) is 2.46. The third kappa shape index (κ3) is 3.58. The molecule has 0 aromatic carbocycles. The molecular formula is C12H17BrN2. The van der Waals surface area contributed by atoms with Gasteiger partial charge in [0.25, 0.3) is 0 Å². The third-order valence-corrected chi connectivity index (χ3v) is 3.34. The van der Waals surface area contributed by atoms with Crippen LogP contribution in [0.5, 0.6) is 0 Å². The van der Waals surface area contributed by atoms with Crippen LogP contribution in [0.2, 0.25) is 0 Å². The maximum atomic E-state index is 4.20. The van der Waals surface area contributed by atoms with Crippen LogP contribution in [0, 0.1) is 0 Å². The van der Waals surface area contributed by atoms with E-state index in [2.05, 4.69) is 32.3 Å². The molecule has 1 aliphatic rings. The molecule has 2 nitrogen and oxygen atoms in total. The maximum Gasteiger partial charge on any atom is 0.0410 e. The number of nitrogens with zero attached hydrogens (tertiary/aromatic N) is 1. The number of halogens is 1. The van der Waals surface area contributed by atoms with E-state index in [4.69, 9.17) is 0 Å². The lowest BCUT2D eigenvalue weighted by Gasteiger charge is -2.15. The minimum Gasteiger partial charge on any atom is -0.314 e. The molecule has 1 aromatic rings. The summed E-state index contributed by atoms with van der Waals surface area (Å²) in [5, 5.41) is 3.61. The number of rotatable bonds is 2. The van der Waals surface area contributed by atoms with Crippen molar-refractivity contribution in [2.75, 3.05) is 6.54 Å². The summed E-state index contributed by atoms with van der Waals surface area (Å²) in [7, 11) is 0. The zero-order chi connectivity index (χ0) is 10.5. The van der Waals surface area contributed by atoms with Crippen LogP contribution < -0.4 is 5.32 Å². The molecule has 0 amide bonds. The van der Waals surface area contributed by atoms with E-state index >= 15 is 0 Å². The molecule has 2 heterocycles. The highest BCUT2D eigenvalue weighted by Gasteiger charge is 2.11. The maximum absolute atomic E-state index is 4.20. The van der Waals surface area contributed by atoms with E-state index in [-0.39, 0.29) is 0 Å². The number of hydrogen-bond donors (Lipinski definition) is 1. The monoisotopic (exact) mass is 268 g/mol. The fourth-order valence-electron chi connectivity index (χ4n) is 2.13. The second-order valence-corrected chi connectivity index (χ2v) is 5.13. The van der Waals surface area contributed by atoms with Crippen molar-refractivity contribution in [2.45, 2.75) is 38.1 Å². The van der Waals surface area contributed by atoms with Crippen LogP contribution in [0.15, 0.2) is 22.9 Å². The van der Waals surface area contributed by atoms with Crippen LogP contribution in [-0.4, -0.2) is 17.6 Å². The van der Waals surface area contributed by atoms with Crippen molar-refractivity contribution in [3.8, 4) is 0 Å². The molecule has 0 spiro atoms. The Labute approximate surface area is 99.6 Å². The molecule has 1 atom stereocenters. The van der Waals surface area contributed by atoms with Crippen LogP contribution in [0.25, 0.3) is 0 Å². The van der Waals surface area contributed by atoms with Gasteiger partial charge in [-0.3, -0.25) is 4.98 Å². The Morgan fingerprint density at radius 1 is 1.33 bits per heavy atom. The predicted molar refractivity (Wildman–Crippen MR) is 65.9 cm³/mol. The van der Waals surface area contributed by atoms with Gasteiger partial charge in [0.15, 0.2) is 0 Å². The van der Waals surface area contributed by atoms with Gasteiger partial charge in [0, 0.05) is 22.9 Å². The Bertz CT molecular complexity index is 306. The van der Waals surface area contributed by atoms with Crippen molar-refractivity contribution in [2.24, 2.45) is 0 Å². The van der Waals surface area contributed by atoms with Gasteiger partial charge in [-0.25, -0.2) is 0 Å². The van der Waals surface area contributed by atoms with Gasteiger partial charge < -0.3 is 5.32 Å². The largest absolute Gasteiger partial charge is 0.314 e. The molecule has 0 saturated carbocycles. The van der Waals surface area contributed by atoms with Crippen molar-refractivity contribution in [3.05, 3.63) is 28.5 Å². The molecule has 15 heavy (non-hydrogen) atoms. The van der Waals surface area contributed by atoms with E-state index in [0.29, 0.717) is 6.04 Å². The quantitative estimate of drug-likeness (QED) is 0.893. The molecule has 1 N–H and O–H groups in total. The summed E-state index contributed by atoms with van der Waals surface area (Å²) in [6.07, 6.45) is 10.3. The van der Waals surface area contributed by atoms with Crippen molar-refractivity contribution >= 4 is 15.9 Å². The van der Waals surface area contributed by atoms with E-state index in [1.54, 1.807) is 0 Å². The first-order valence-electron chi connectivity index (χ1n) is 5.67. The van der Waals surface area contributed by atoms with E-state index < -0.39 is 0 Å². The SMILES string of the molecule is Brc1cncc(CC2CCCCCN2)c1. The van der Waals surface area contributed by atoms with Gasteiger partial charge in [-0.05, 0) is 53.4 Å². The Morgan fingerprint density at radius 3 is 3.13 bits per heavy atom. The van der Waals surface area contributed by atoms with Crippen LogP contribution >= 0.6 is 15.9 Å². The smallest absolute Gasteiger partial charge is 0.0410 e. The van der Waals surface area contributed by atoms with Gasteiger partial charge >= 0.3 is 0 Å². The normalized spacial score (nSPS) is 22.3. The van der Waals surface area contributed by atoms with Crippen LogP contribution in [0.1, 0.15) is 31.2 Å². The first-order chi connectivity index (χ1) is 7.34. The van der Waals surface area contributed by atoms with E-state index in [0.717, 1.165) is 10.9 Å². The zero-order valence-corrected chi connectivity index (χ0v) is 10.5. The predicted octanol–water partition coefficient (Wildman–Crippen LogP) is 2.92. The molecule has 0 aliphatic carbocycles. The molecule has 1 aromatic heterocycles. The molecular weight excluding hydrogens is 252 g/mol. The third-order valence-electron chi connectivity index (χ3n) is 2.91. The van der Waals surface area contributed by atoms with Gasteiger partial charge in [0.05, 0.1) is 0 Å². The number of nitrogens with one attached hydrogen (secondary N) is 1. The molecule has 82 valence electrons. The summed E-state index contributed by atoms with van der Waals surface area (Å²) < 4.78 is 1.08. The van der Waals surface area contributed by atoms with Gasteiger partial charge in [-0.1, -0.05) is 12.8 Å². The molecule has 1 saturated heterocycles. The fraction of sp³-hybridized carbons (Fsp3) is 0.583. The molecule has 0 bridgehead atoms. The van der Waals surface area contributed by atoms with Crippen LogP contribution in [-0.2, 0) is 6.42 Å². The summed E-state index contributed by atoms with van der Waals surface area (Å²) in [6.45, 7) is 1.17. The highest BCUT2D eigenvalue weighted by atomic mass is 79.9. The van der Waals surface area contributed by atoms with Gasteiger partial charge in [0.2, 0.25) is 0 Å². The lowest BCUT2D eigenvalue weighted by Crippen LogP contribution is -2.30.